The first-order chi connectivity index (χ1) is 10.1. The molecule has 0 aromatic heterocycles. The van der Waals surface area contributed by atoms with Crippen LogP contribution in [0.25, 0.3) is 0 Å². The molecule has 1 saturated heterocycles. The third-order valence-corrected chi connectivity index (χ3v) is 3.87. The number of hydrogen-bond donors (Lipinski definition) is 0. The Morgan fingerprint density at radius 1 is 1.24 bits per heavy atom. The zero-order chi connectivity index (χ0) is 15.2. The summed E-state index contributed by atoms with van der Waals surface area (Å²) >= 11 is 0. The zero-order valence-electron chi connectivity index (χ0n) is 12.2. The van der Waals surface area contributed by atoms with E-state index in [0.29, 0.717) is 31.7 Å². The lowest BCUT2D eigenvalue weighted by atomic mass is 9.97. The summed E-state index contributed by atoms with van der Waals surface area (Å²) in [4.78, 5) is 24.4. The highest BCUT2D eigenvalue weighted by atomic mass is 16.5. The van der Waals surface area contributed by atoms with Crippen LogP contribution in [-0.4, -0.2) is 36.5 Å². The molecule has 1 amide bonds. The fourth-order valence-electron chi connectivity index (χ4n) is 2.42. The molecule has 1 aliphatic rings. The molecule has 0 spiro atoms. The predicted octanol–water partition coefficient (Wildman–Crippen LogP) is 0.616. The second-order valence-corrected chi connectivity index (χ2v) is 5.26. The zero-order valence-corrected chi connectivity index (χ0v) is 12.2. The van der Waals surface area contributed by atoms with Gasteiger partial charge in [0.15, 0.2) is 6.61 Å². The number of nitrogens with zero attached hydrogens (tertiary/aromatic N) is 1. The van der Waals surface area contributed by atoms with Gasteiger partial charge in [-0.2, -0.15) is 0 Å². The van der Waals surface area contributed by atoms with Crippen LogP contribution in [0, 0.1) is 5.92 Å². The summed E-state index contributed by atoms with van der Waals surface area (Å²) in [6.07, 6.45) is 1.88. The molecule has 0 radical (unpaired) electrons. The van der Waals surface area contributed by atoms with E-state index < -0.39 is 11.9 Å². The number of piperidine rings is 1. The Hall–Kier alpha value is -2.04. The van der Waals surface area contributed by atoms with Crippen LogP contribution in [0.5, 0.6) is 5.75 Å². The monoisotopic (exact) mass is 290 g/mol. The maximum absolute atomic E-state index is 12.0. The first-order valence-electron chi connectivity index (χ1n) is 7.30. The molecule has 1 heterocycles. The van der Waals surface area contributed by atoms with Crippen molar-refractivity contribution in [1.29, 1.82) is 0 Å². The van der Waals surface area contributed by atoms with Gasteiger partial charge in [-0.15, -0.1) is 0 Å². The molecule has 0 bridgehead atoms. The minimum absolute atomic E-state index is 0.0124. The van der Waals surface area contributed by atoms with Gasteiger partial charge in [-0.1, -0.05) is 19.1 Å². The number of carboxylic acid groups (broad SMARTS) is 1. The quantitative estimate of drug-likeness (QED) is 0.797. The molecular formula is C16H20NO4-. The molecule has 1 fully saturated rings. The van der Waals surface area contributed by atoms with Crippen molar-refractivity contribution in [2.75, 3.05) is 19.7 Å². The summed E-state index contributed by atoms with van der Waals surface area (Å²) in [5.74, 6) is -0.887. The second-order valence-electron chi connectivity index (χ2n) is 5.26. The summed E-state index contributed by atoms with van der Waals surface area (Å²) < 4.78 is 5.47. The van der Waals surface area contributed by atoms with Gasteiger partial charge in [-0.25, -0.2) is 0 Å². The average Bonchev–Trinajstić information content (AvgIpc) is 2.53. The lowest BCUT2D eigenvalue weighted by Gasteiger charge is -2.32. The average molecular weight is 290 g/mol. The van der Waals surface area contributed by atoms with Crippen LogP contribution in [0.2, 0.25) is 0 Å². The highest BCUT2D eigenvalue weighted by Crippen LogP contribution is 2.17. The van der Waals surface area contributed by atoms with E-state index in [1.807, 2.05) is 24.3 Å². The van der Waals surface area contributed by atoms with Crippen molar-refractivity contribution in [2.24, 2.45) is 5.92 Å². The summed E-state index contributed by atoms with van der Waals surface area (Å²) in [7, 11) is 0. The number of amides is 1. The lowest BCUT2D eigenvalue weighted by Crippen LogP contribution is -2.45. The summed E-state index contributed by atoms with van der Waals surface area (Å²) in [5, 5.41) is 10.8. The van der Waals surface area contributed by atoms with Crippen molar-refractivity contribution in [3.63, 3.8) is 0 Å². The number of rotatable bonds is 5. The summed E-state index contributed by atoms with van der Waals surface area (Å²) in [6, 6.07) is 7.67. The van der Waals surface area contributed by atoms with E-state index in [0.717, 1.165) is 6.42 Å². The second kappa shape index (κ2) is 7.11. The van der Waals surface area contributed by atoms with Crippen molar-refractivity contribution in [3.8, 4) is 5.75 Å². The highest BCUT2D eigenvalue weighted by Gasteiger charge is 2.23. The van der Waals surface area contributed by atoms with Gasteiger partial charge in [-0.05, 0) is 37.0 Å². The molecule has 21 heavy (non-hydrogen) atoms. The smallest absolute Gasteiger partial charge is 0.260 e. The molecular weight excluding hydrogens is 270 g/mol. The van der Waals surface area contributed by atoms with Crippen LogP contribution >= 0.6 is 0 Å². The molecule has 5 nitrogen and oxygen atoms in total. The fourth-order valence-corrected chi connectivity index (χ4v) is 2.42. The summed E-state index contributed by atoms with van der Waals surface area (Å²) in [5.41, 5.74) is 1.22. The number of likely N-dealkylation sites (tertiary alicyclic amines) is 1. The Balaban J connectivity index is 1.78. The lowest BCUT2D eigenvalue weighted by molar-refractivity contribution is -0.312. The van der Waals surface area contributed by atoms with Crippen LogP contribution in [0.3, 0.4) is 0 Å². The Morgan fingerprint density at radius 2 is 1.86 bits per heavy atom. The molecule has 2 rings (SSSR count). The number of carbonyl (C=O) groups excluding carboxylic acids is 2. The highest BCUT2D eigenvalue weighted by molar-refractivity contribution is 5.78. The van der Waals surface area contributed by atoms with E-state index >= 15 is 0 Å². The standard InChI is InChI=1S/C16H21NO4/c1-2-12-3-5-14(6-4-12)21-11-15(18)17-9-7-13(8-10-17)16(19)20/h3-6,13H,2,7-11H2,1H3,(H,19,20)/p-1. The SMILES string of the molecule is CCc1ccc(OCC(=O)N2CCC(C(=O)[O-])CC2)cc1. The summed E-state index contributed by atoms with van der Waals surface area (Å²) in [6.45, 7) is 2.97. The molecule has 114 valence electrons. The van der Waals surface area contributed by atoms with Crippen LogP contribution in [0.1, 0.15) is 25.3 Å². The number of ether oxygens (including phenoxy) is 1. The van der Waals surface area contributed by atoms with Crippen LogP contribution < -0.4 is 9.84 Å². The molecule has 0 N–H and O–H groups in total. The van der Waals surface area contributed by atoms with Gasteiger partial charge >= 0.3 is 0 Å². The van der Waals surface area contributed by atoms with Crippen molar-refractivity contribution in [1.82, 2.24) is 4.90 Å². The van der Waals surface area contributed by atoms with Crippen LogP contribution in [0.15, 0.2) is 24.3 Å². The topological polar surface area (TPSA) is 69.7 Å². The van der Waals surface area contributed by atoms with E-state index in [-0.39, 0.29) is 12.5 Å². The third kappa shape index (κ3) is 4.21. The van der Waals surface area contributed by atoms with E-state index in [1.54, 1.807) is 4.90 Å². The predicted molar refractivity (Wildman–Crippen MR) is 75.6 cm³/mol. The Morgan fingerprint density at radius 3 is 2.38 bits per heavy atom. The fraction of sp³-hybridized carbons (Fsp3) is 0.500. The minimum atomic E-state index is -1.02. The molecule has 1 aromatic rings. The van der Waals surface area contributed by atoms with Crippen molar-refractivity contribution >= 4 is 11.9 Å². The van der Waals surface area contributed by atoms with Crippen molar-refractivity contribution in [3.05, 3.63) is 29.8 Å². The molecule has 0 saturated carbocycles. The van der Waals surface area contributed by atoms with Gasteiger partial charge in [-0.3, -0.25) is 4.79 Å². The Bertz CT molecular complexity index is 490. The Kier molecular flexibility index (Phi) is 5.20. The maximum Gasteiger partial charge on any atom is 0.260 e. The molecule has 1 aliphatic heterocycles. The number of carbonyl (C=O) groups is 2. The number of aryl methyl sites for hydroxylation is 1. The van der Waals surface area contributed by atoms with E-state index in [9.17, 15) is 14.7 Å². The van der Waals surface area contributed by atoms with E-state index in [4.69, 9.17) is 4.74 Å². The number of carboxylic acids is 1. The van der Waals surface area contributed by atoms with Gasteiger partial charge < -0.3 is 19.5 Å². The number of aliphatic carboxylic acids is 1. The van der Waals surface area contributed by atoms with Gasteiger partial charge in [0, 0.05) is 25.0 Å². The first-order valence-corrected chi connectivity index (χ1v) is 7.30. The minimum Gasteiger partial charge on any atom is -0.550 e. The van der Waals surface area contributed by atoms with Gasteiger partial charge in [0.25, 0.3) is 5.91 Å². The molecule has 0 unspecified atom stereocenters. The van der Waals surface area contributed by atoms with Gasteiger partial charge in [0.1, 0.15) is 5.75 Å². The number of benzene rings is 1. The number of hydrogen-bond acceptors (Lipinski definition) is 4. The molecule has 5 heteroatoms. The van der Waals surface area contributed by atoms with E-state index in [2.05, 4.69) is 6.92 Å². The van der Waals surface area contributed by atoms with Crippen LogP contribution in [0.4, 0.5) is 0 Å². The molecule has 0 atom stereocenters. The van der Waals surface area contributed by atoms with E-state index in [1.165, 1.54) is 5.56 Å². The maximum atomic E-state index is 12.0. The van der Waals surface area contributed by atoms with Crippen molar-refractivity contribution < 1.29 is 19.4 Å². The largest absolute Gasteiger partial charge is 0.550 e. The van der Waals surface area contributed by atoms with Gasteiger partial charge in [0.2, 0.25) is 0 Å². The molecule has 0 aliphatic carbocycles. The first kappa shape index (κ1) is 15.4. The van der Waals surface area contributed by atoms with Gasteiger partial charge in [0.05, 0.1) is 0 Å². The Labute approximate surface area is 124 Å². The third-order valence-electron chi connectivity index (χ3n) is 3.87. The molecule has 1 aromatic carbocycles. The normalized spacial score (nSPS) is 15.8. The van der Waals surface area contributed by atoms with Crippen molar-refractivity contribution in [2.45, 2.75) is 26.2 Å². The van der Waals surface area contributed by atoms with Crippen LogP contribution in [-0.2, 0) is 16.0 Å².